The highest BCUT2D eigenvalue weighted by atomic mass is 32.1. The monoisotopic (exact) mass is 348 g/mol. The first kappa shape index (κ1) is 15.9. The molecule has 0 aliphatic carbocycles. The number of carbonyl (C=O) groups is 1. The molecule has 0 spiro atoms. The molecule has 0 saturated carbocycles. The Balaban J connectivity index is 1.68. The van der Waals surface area contributed by atoms with Crippen LogP contribution in [-0.4, -0.2) is 27.8 Å². The van der Waals surface area contributed by atoms with E-state index in [-0.39, 0.29) is 11.9 Å². The molecule has 0 aliphatic heterocycles. The SMILES string of the molecule is COCc1nnc(NC(=O)CC(c2ccsc2)n2cccc2)s1. The number of carbonyl (C=O) groups excluding carboxylic acids is 1. The third-order valence-corrected chi connectivity index (χ3v) is 4.79. The molecule has 0 aliphatic rings. The number of nitrogens with zero attached hydrogens (tertiary/aromatic N) is 3. The zero-order valence-corrected chi connectivity index (χ0v) is 14.1. The standard InChI is InChI=1S/C15H16N4O2S2/c1-21-9-14-17-18-15(23-14)16-13(20)8-12(11-4-7-22-10-11)19-5-2-3-6-19/h2-7,10,12H,8-9H2,1H3,(H,16,18,20). The van der Waals surface area contributed by atoms with Gasteiger partial charge in [-0.15, -0.1) is 10.2 Å². The first-order chi connectivity index (χ1) is 11.3. The van der Waals surface area contributed by atoms with E-state index in [2.05, 4.69) is 20.9 Å². The van der Waals surface area contributed by atoms with E-state index in [1.165, 1.54) is 11.3 Å². The molecule has 1 atom stereocenters. The van der Waals surface area contributed by atoms with E-state index < -0.39 is 0 Å². The normalized spacial score (nSPS) is 12.2. The fourth-order valence-electron chi connectivity index (χ4n) is 2.25. The number of thiophene rings is 1. The Morgan fingerprint density at radius 3 is 2.91 bits per heavy atom. The summed E-state index contributed by atoms with van der Waals surface area (Å²) in [5.74, 6) is -0.0879. The Labute approximate surface area is 141 Å². The van der Waals surface area contributed by atoms with Gasteiger partial charge >= 0.3 is 0 Å². The highest BCUT2D eigenvalue weighted by Gasteiger charge is 2.18. The average Bonchev–Trinajstić information content (AvgIpc) is 3.28. The van der Waals surface area contributed by atoms with Crippen molar-refractivity contribution in [3.05, 3.63) is 51.9 Å². The number of hydrogen-bond acceptors (Lipinski definition) is 6. The quantitative estimate of drug-likeness (QED) is 0.712. The summed E-state index contributed by atoms with van der Waals surface area (Å²) in [4.78, 5) is 12.4. The molecule has 23 heavy (non-hydrogen) atoms. The van der Waals surface area contributed by atoms with Crippen LogP contribution < -0.4 is 5.32 Å². The zero-order chi connectivity index (χ0) is 16.1. The van der Waals surface area contributed by atoms with E-state index in [9.17, 15) is 4.79 Å². The molecule has 120 valence electrons. The summed E-state index contributed by atoms with van der Waals surface area (Å²) in [7, 11) is 1.60. The molecule has 3 heterocycles. The van der Waals surface area contributed by atoms with Crippen molar-refractivity contribution >= 4 is 33.7 Å². The van der Waals surface area contributed by atoms with Crippen LogP contribution in [0.5, 0.6) is 0 Å². The van der Waals surface area contributed by atoms with Crippen LogP contribution in [0.25, 0.3) is 0 Å². The van der Waals surface area contributed by atoms with Crippen molar-refractivity contribution in [2.24, 2.45) is 0 Å². The zero-order valence-electron chi connectivity index (χ0n) is 12.5. The van der Waals surface area contributed by atoms with Crippen molar-refractivity contribution in [1.82, 2.24) is 14.8 Å². The van der Waals surface area contributed by atoms with Gasteiger partial charge in [0.05, 0.1) is 12.5 Å². The minimum absolute atomic E-state index is 0.0254. The second kappa shape index (κ2) is 7.49. The van der Waals surface area contributed by atoms with Gasteiger partial charge in [-0.1, -0.05) is 11.3 Å². The van der Waals surface area contributed by atoms with Gasteiger partial charge in [0.15, 0.2) is 0 Å². The molecule has 1 N–H and O–H groups in total. The van der Waals surface area contributed by atoms with Gasteiger partial charge in [0.1, 0.15) is 11.6 Å². The van der Waals surface area contributed by atoms with E-state index in [0.717, 1.165) is 10.6 Å². The molecule has 1 unspecified atom stereocenters. The molecule has 0 aromatic carbocycles. The number of anilines is 1. The summed E-state index contributed by atoms with van der Waals surface area (Å²) in [5, 5.41) is 16.1. The highest BCUT2D eigenvalue weighted by Crippen LogP contribution is 2.25. The number of hydrogen-bond donors (Lipinski definition) is 1. The van der Waals surface area contributed by atoms with E-state index in [0.29, 0.717) is 18.2 Å². The second-order valence-corrected chi connectivity index (χ2v) is 6.73. The molecule has 0 fully saturated rings. The summed E-state index contributed by atoms with van der Waals surface area (Å²) in [6.45, 7) is 0.397. The van der Waals surface area contributed by atoms with Crippen LogP contribution in [0, 0.1) is 0 Å². The summed E-state index contributed by atoms with van der Waals surface area (Å²) in [6, 6.07) is 5.94. The van der Waals surface area contributed by atoms with E-state index in [1.54, 1.807) is 18.4 Å². The van der Waals surface area contributed by atoms with Gasteiger partial charge in [-0.25, -0.2) is 0 Å². The lowest BCUT2D eigenvalue weighted by atomic mass is 10.1. The van der Waals surface area contributed by atoms with Gasteiger partial charge in [0, 0.05) is 19.5 Å². The Morgan fingerprint density at radius 2 is 2.22 bits per heavy atom. The summed E-state index contributed by atoms with van der Waals surface area (Å²) < 4.78 is 7.04. The molecule has 0 bridgehead atoms. The van der Waals surface area contributed by atoms with E-state index >= 15 is 0 Å². The van der Waals surface area contributed by atoms with Gasteiger partial charge in [0.2, 0.25) is 11.0 Å². The van der Waals surface area contributed by atoms with Crippen molar-refractivity contribution in [2.75, 3.05) is 12.4 Å². The predicted octanol–water partition coefficient (Wildman–Crippen LogP) is 3.17. The summed E-state index contributed by atoms with van der Waals surface area (Å²) >= 11 is 2.95. The molecule has 1 amide bonds. The number of rotatable bonds is 7. The third-order valence-electron chi connectivity index (χ3n) is 3.28. The first-order valence-corrected chi connectivity index (χ1v) is 8.78. The molecular weight excluding hydrogens is 332 g/mol. The van der Waals surface area contributed by atoms with Gasteiger partial charge < -0.3 is 14.6 Å². The Hall–Kier alpha value is -2.03. The van der Waals surface area contributed by atoms with E-state index in [4.69, 9.17) is 4.74 Å². The van der Waals surface area contributed by atoms with Crippen LogP contribution in [0.15, 0.2) is 41.4 Å². The average molecular weight is 348 g/mol. The minimum atomic E-state index is -0.0879. The van der Waals surface area contributed by atoms with Crippen LogP contribution in [0.2, 0.25) is 0 Å². The molecule has 3 aromatic heterocycles. The van der Waals surface area contributed by atoms with E-state index in [1.807, 2.05) is 40.5 Å². The van der Waals surface area contributed by atoms with Crippen molar-refractivity contribution < 1.29 is 9.53 Å². The third kappa shape index (κ3) is 4.04. The maximum atomic E-state index is 12.4. The van der Waals surface area contributed by atoms with Crippen LogP contribution in [0.4, 0.5) is 5.13 Å². The highest BCUT2D eigenvalue weighted by molar-refractivity contribution is 7.15. The topological polar surface area (TPSA) is 69.0 Å². The second-order valence-electron chi connectivity index (χ2n) is 4.89. The Bertz CT molecular complexity index is 703. The molecule has 0 saturated heterocycles. The summed E-state index contributed by atoms with van der Waals surface area (Å²) in [5.41, 5.74) is 1.12. The summed E-state index contributed by atoms with van der Waals surface area (Å²) in [6.07, 6.45) is 4.28. The number of methoxy groups -OCH3 is 1. The van der Waals surface area contributed by atoms with Gasteiger partial charge in [-0.05, 0) is 34.5 Å². The van der Waals surface area contributed by atoms with Gasteiger partial charge in [-0.3, -0.25) is 4.79 Å². The van der Waals surface area contributed by atoms with Crippen molar-refractivity contribution in [1.29, 1.82) is 0 Å². The smallest absolute Gasteiger partial charge is 0.228 e. The maximum Gasteiger partial charge on any atom is 0.228 e. The van der Waals surface area contributed by atoms with Crippen LogP contribution in [0.3, 0.4) is 0 Å². The van der Waals surface area contributed by atoms with Gasteiger partial charge in [-0.2, -0.15) is 11.3 Å². The molecule has 8 heteroatoms. The largest absolute Gasteiger partial charge is 0.377 e. The molecule has 3 rings (SSSR count). The first-order valence-electron chi connectivity index (χ1n) is 7.02. The van der Waals surface area contributed by atoms with Crippen molar-refractivity contribution in [3.8, 4) is 0 Å². The van der Waals surface area contributed by atoms with Crippen molar-refractivity contribution in [2.45, 2.75) is 19.1 Å². The number of amides is 1. The maximum absolute atomic E-state index is 12.4. The van der Waals surface area contributed by atoms with Crippen LogP contribution in [-0.2, 0) is 16.1 Å². The Morgan fingerprint density at radius 1 is 1.39 bits per heavy atom. The number of nitrogens with one attached hydrogen (secondary N) is 1. The molecule has 6 nitrogen and oxygen atoms in total. The number of aromatic nitrogens is 3. The Kier molecular flexibility index (Phi) is 5.16. The van der Waals surface area contributed by atoms with Crippen LogP contribution >= 0.6 is 22.7 Å². The lowest BCUT2D eigenvalue weighted by Gasteiger charge is -2.17. The number of ether oxygens (including phenoxy) is 1. The molecule has 3 aromatic rings. The fourth-order valence-corrected chi connectivity index (χ4v) is 3.68. The lowest BCUT2D eigenvalue weighted by Crippen LogP contribution is -2.19. The lowest BCUT2D eigenvalue weighted by molar-refractivity contribution is -0.116. The van der Waals surface area contributed by atoms with Gasteiger partial charge in [0.25, 0.3) is 0 Å². The predicted molar refractivity (Wildman–Crippen MR) is 90.8 cm³/mol. The molecular formula is C15H16N4O2S2. The fraction of sp³-hybridized carbons (Fsp3) is 0.267. The van der Waals surface area contributed by atoms with Crippen molar-refractivity contribution in [3.63, 3.8) is 0 Å². The molecule has 0 radical (unpaired) electrons. The van der Waals surface area contributed by atoms with Crippen LogP contribution in [0.1, 0.15) is 23.0 Å². The minimum Gasteiger partial charge on any atom is -0.377 e.